The Balaban J connectivity index is 1.22. The first-order chi connectivity index (χ1) is 34.9. The topological polar surface area (TPSA) is 3.24 Å². The molecule has 0 spiro atoms. The van der Waals surface area contributed by atoms with Crippen molar-refractivity contribution in [3.05, 3.63) is 310 Å². The molecule has 0 atom stereocenters. The van der Waals surface area contributed by atoms with E-state index in [1.165, 1.54) is 83.5 Å². The van der Waals surface area contributed by atoms with Crippen molar-refractivity contribution in [3.8, 4) is 22.3 Å². The Kier molecular flexibility index (Phi) is 11.6. The molecule has 2 aliphatic rings. The molecule has 9 aromatic rings. The summed E-state index contributed by atoms with van der Waals surface area (Å²) in [5, 5.41) is 0. The highest BCUT2D eigenvalue weighted by atomic mass is 15.1. The molecule has 0 aliphatic heterocycles. The van der Waals surface area contributed by atoms with Crippen LogP contribution in [0.25, 0.3) is 27.8 Å². The maximum atomic E-state index is 4.47. The zero-order chi connectivity index (χ0) is 49.8. The molecule has 0 N–H and O–H groups in total. The predicted octanol–water partition coefficient (Wildman–Crippen LogP) is 18.6. The first-order valence-electron chi connectivity index (χ1n) is 25.6. The Morgan fingerprint density at radius 3 is 1.44 bits per heavy atom. The van der Waals surface area contributed by atoms with Crippen molar-refractivity contribution in [3.63, 3.8) is 0 Å². The molecule has 2 aliphatic carbocycles. The monoisotopic (exact) mass is 929 g/mol. The molecule has 9 aromatic carbocycles. The van der Waals surface area contributed by atoms with E-state index in [1.54, 1.807) is 0 Å². The van der Waals surface area contributed by atoms with E-state index in [-0.39, 0.29) is 10.8 Å². The summed E-state index contributed by atoms with van der Waals surface area (Å²) < 4.78 is 0. The lowest BCUT2D eigenvalue weighted by Gasteiger charge is -2.36. The maximum Gasteiger partial charge on any atom is 0.0714 e. The number of hydrogen-bond acceptors (Lipinski definition) is 1. The number of rotatable bonds is 10. The van der Waals surface area contributed by atoms with E-state index in [0.717, 1.165) is 22.6 Å². The molecule has 0 amide bonds. The van der Waals surface area contributed by atoms with Gasteiger partial charge >= 0.3 is 0 Å². The average Bonchev–Trinajstić information content (AvgIpc) is 3.87. The van der Waals surface area contributed by atoms with Gasteiger partial charge in [-0.3, -0.25) is 0 Å². The van der Waals surface area contributed by atoms with E-state index < -0.39 is 10.8 Å². The highest BCUT2D eigenvalue weighted by Crippen LogP contribution is 2.61. The van der Waals surface area contributed by atoms with E-state index in [0.29, 0.717) is 0 Å². The van der Waals surface area contributed by atoms with Gasteiger partial charge < -0.3 is 4.90 Å². The van der Waals surface area contributed by atoms with Gasteiger partial charge in [-0.2, -0.15) is 0 Å². The lowest BCUT2D eigenvalue weighted by atomic mass is 9.66. The standard InChI is InChI=1S/C71H63N/c1-9-23-62-59(10-2)60-47-46-58(48-65(60)71(62,53-26-16-12-17-27-53)54-28-18-13-19-29-54)72(57-44-34-50(35-45-57)49-24-14-11-15-25-49)66-33-22-32-64-67(66)61-30-20-21-31-63(61)70(64,55-40-36-51(37-41-55)68(3,4)5)56-42-38-52(39-43-56)69(6,7)8/h9-48H,2H2,1,3-8H3/b23-9-. The van der Waals surface area contributed by atoms with Crippen LogP contribution in [0.1, 0.15) is 104 Å². The number of benzene rings is 9. The Labute approximate surface area is 428 Å². The van der Waals surface area contributed by atoms with E-state index in [4.69, 9.17) is 0 Å². The fourth-order valence-electron chi connectivity index (χ4n) is 12.1. The van der Waals surface area contributed by atoms with E-state index >= 15 is 0 Å². The number of allylic oxidation sites excluding steroid dienone is 5. The van der Waals surface area contributed by atoms with Gasteiger partial charge in [0.15, 0.2) is 0 Å². The summed E-state index contributed by atoms with van der Waals surface area (Å²) in [4.78, 5) is 2.52. The molecular weight excluding hydrogens is 867 g/mol. The molecule has 0 saturated carbocycles. The smallest absolute Gasteiger partial charge is 0.0714 e. The highest BCUT2D eigenvalue weighted by Gasteiger charge is 2.49. The van der Waals surface area contributed by atoms with Crippen molar-refractivity contribution in [1.29, 1.82) is 0 Å². The molecule has 11 rings (SSSR count). The second-order valence-electron chi connectivity index (χ2n) is 21.6. The van der Waals surface area contributed by atoms with Crippen molar-refractivity contribution in [2.75, 3.05) is 4.90 Å². The van der Waals surface area contributed by atoms with E-state index in [2.05, 4.69) is 303 Å². The number of nitrogens with zero attached hydrogens (tertiary/aromatic N) is 1. The second-order valence-corrected chi connectivity index (χ2v) is 21.6. The van der Waals surface area contributed by atoms with Crippen LogP contribution in [0.15, 0.2) is 255 Å². The molecule has 1 heteroatoms. The van der Waals surface area contributed by atoms with E-state index in [9.17, 15) is 0 Å². The lowest BCUT2D eigenvalue weighted by Crippen LogP contribution is -2.29. The van der Waals surface area contributed by atoms with Gasteiger partial charge in [0.25, 0.3) is 0 Å². The van der Waals surface area contributed by atoms with Crippen LogP contribution >= 0.6 is 0 Å². The summed E-state index contributed by atoms with van der Waals surface area (Å²) in [5.74, 6) is 0. The lowest BCUT2D eigenvalue weighted by molar-refractivity contribution is 0.588. The van der Waals surface area contributed by atoms with Crippen LogP contribution in [0.2, 0.25) is 0 Å². The zero-order valence-electron chi connectivity index (χ0n) is 42.7. The zero-order valence-corrected chi connectivity index (χ0v) is 42.7. The summed E-state index contributed by atoms with van der Waals surface area (Å²) in [7, 11) is 0. The van der Waals surface area contributed by atoms with Crippen LogP contribution in [0, 0.1) is 0 Å². The van der Waals surface area contributed by atoms with Crippen LogP contribution in [0.4, 0.5) is 17.1 Å². The summed E-state index contributed by atoms with van der Waals surface area (Å²) >= 11 is 0. The van der Waals surface area contributed by atoms with Crippen LogP contribution in [0.5, 0.6) is 0 Å². The largest absolute Gasteiger partial charge is 0.310 e. The average molecular weight is 930 g/mol. The van der Waals surface area contributed by atoms with Crippen molar-refractivity contribution in [1.82, 2.24) is 0 Å². The minimum atomic E-state index is -0.619. The van der Waals surface area contributed by atoms with Crippen molar-refractivity contribution >= 4 is 22.6 Å². The molecule has 352 valence electrons. The molecule has 72 heavy (non-hydrogen) atoms. The van der Waals surface area contributed by atoms with Gasteiger partial charge in [0.05, 0.1) is 16.5 Å². The molecular formula is C71H63N. The van der Waals surface area contributed by atoms with Crippen LogP contribution < -0.4 is 4.90 Å². The molecule has 1 nitrogen and oxygen atoms in total. The van der Waals surface area contributed by atoms with Gasteiger partial charge in [0.2, 0.25) is 0 Å². The van der Waals surface area contributed by atoms with Gasteiger partial charge in [-0.05, 0) is 132 Å². The highest BCUT2D eigenvalue weighted by molar-refractivity contribution is 5.99. The fraction of sp³-hybridized carbons (Fsp3) is 0.155. The molecule has 0 aromatic heterocycles. The molecule has 0 radical (unpaired) electrons. The molecule has 0 bridgehead atoms. The quantitative estimate of drug-likeness (QED) is 0.132. The summed E-state index contributed by atoms with van der Waals surface area (Å²) in [5.41, 5.74) is 21.9. The van der Waals surface area contributed by atoms with Crippen LogP contribution in [-0.4, -0.2) is 0 Å². The predicted molar refractivity (Wildman–Crippen MR) is 306 cm³/mol. The normalized spacial score (nSPS) is 14.5. The van der Waals surface area contributed by atoms with Gasteiger partial charge in [0, 0.05) is 16.9 Å². The van der Waals surface area contributed by atoms with Gasteiger partial charge in [-0.25, -0.2) is 0 Å². The van der Waals surface area contributed by atoms with Crippen molar-refractivity contribution in [2.45, 2.75) is 70.1 Å². The number of anilines is 3. The Bertz CT molecular complexity index is 3410. The molecule has 0 fully saturated rings. The minimum Gasteiger partial charge on any atom is -0.310 e. The third-order valence-corrected chi connectivity index (χ3v) is 15.5. The van der Waals surface area contributed by atoms with Crippen molar-refractivity contribution < 1.29 is 0 Å². The SMILES string of the molecule is C=CC1=C(/C=C\C)C(c2ccccc2)(c2ccccc2)c2cc(N(c3ccc(-c4ccccc4)cc3)c3cccc4c3-c3ccccc3C4(c3ccc(C(C)(C)C)cc3)c3ccc(C(C)(C)C)cc3)ccc21. The van der Waals surface area contributed by atoms with Gasteiger partial charge in [-0.15, -0.1) is 0 Å². The number of hydrogen-bond donors (Lipinski definition) is 0. The summed E-state index contributed by atoms with van der Waals surface area (Å²) in [6, 6.07) is 84.3. The first-order valence-corrected chi connectivity index (χ1v) is 25.6. The summed E-state index contributed by atoms with van der Waals surface area (Å²) in [6.45, 7) is 20.4. The van der Waals surface area contributed by atoms with Gasteiger partial charge in [0.1, 0.15) is 0 Å². The molecule has 0 unspecified atom stereocenters. The molecule has 0 heterocycles. The minimum absolute atomic E-state index is 0.0132. The third-order valence-electron chi connectivity index (χ3n) is 15.5. The fourth-order valence-corrected chi connectivity index (χ4v) is 12.1. The Morgan fingerprint density at radius 2 is 0.903 bits per heavy atom. The summed E-state index contributed by atoms with van der Waals surface area (Å²) in [6.07, 6.45) is 6.54. The van der Waals surface area contributed by atoms with Crippen LogP contribution in [-0.2, 0) is 21.7 Å². The van der Waals surface area contributed by atoms with Crippen LogP contribution in [0.3, 0.4) is 0 Å². The van der Waals surface area contributed by atoms with Crippen molar-refractivity contribution in [2.24, 2.45) is 0 Å². The maximum absolute atomic E-state index is 4.47. The molecule has 0 saturated heterocycles. The number of fused-ring (bicyclic) bond motifs is 4. The first kappa shape index (κ1) is 46.4. The third kappa shape index (κ3) is 7.36. The van der Waals surface area contributed by atoms with E-state index in [1.807, 2.05) is 0 Å². The second kappa shape index (κ2) is 18.0. The Morgan fingerprint density at radius 1 is 0.417 bits per heavy atom. The Hall–Kier alpha value is -8.00. The van der Waals surface area contributed by atoms with Gasteiger partial charge in [-0.1, -0.05) is 260 Å².